The number of aromatic nitrogens is 2. The van der Waals surface area contributed by atoms with Crippen LogP contribution in [0.4, 0.5) is 0 Å². The number of nitrogens with zero attached hydrogens (tertiary/aromatic N) is 2. The Balaban J connectivity index is 2.30. The third kappa shape index (κ3) is 5.59. The molecule has 0 amide bonds. The van der Waals surface area contributed by atoms with E-state index in [2.05, 4.69) is 43.2 Å². The van der Waals surface area contributed by atoms with Crippen LogP contribution in [-0.2, 0) is 6.42 Å². The molecule has 1 unspecified atom stereocenters. The smallest absolute Gasteiger partial charge is 0.120 e. The van der Waals surface area contributed by atoms with E-state index < -0.39 is 0 Å². The summed E-state index contributed by atoms with van der Waals surface area (Å²) >= 11 is 1.79. The first-order valence-electron chi connectivity index (χ1n) is 6.69. The molecule has 0 radical (unpaired) electrons. The quantitative estimate of drug-likeness (QED) is 0.724. The van der Waals surface area contributed by atoms with Gasteiger partial charge < -0.3 is 5.32 Å². The van der Waals surface area contributed by atoms with E-state index in [-0.39, 0.29) is 0 Å². The molecule has 17 heavy (non-hydrogen) atoms. The molecule has 1 rings (SSSR count). The van der Waals surface area contributed by atoms with E-state index in [4.69, 9.17) is 0 Å². The highest BCUT2D eigenvalue weighted by atomic mass is 32.1. The van der Waals surface area contributed by atoms with E-state index >= 15 is 0 Å². The van der Waals surface area contributed by atoms with Gasteiger partial charge in [0.25, 0.3) is 0 Å². The fourth-order valence-electron chi connectivity index (χ4n) is 1.75. The van der Waals surface area contributed by atoms with Gasteiger partial charge in [-0.15, -0.1) is 21.5 Å². The van der Waals surface area contributed by atoms with Gasteiger partial charge in [0, 0.05) is 18.4 Å². The standard InChI is InChI=1S/C13H25N3S/c1-5-7-11(4)13-16-15-12(17-13)8-6-9-14-10(2)3/h10-11,14H,5-9H2,1-4H3. The molecule has 0 fully saturated rings. The highest BCUT2D eigenvalue weighted by Crippen LogP contribution is 2.24. The summed E-state index contributed by atoms with van der Waals surface area (Å²) in [6.45, 7) is 9.88. The second kappa shape index (κ2) is 7.77. The second-order valence-electron chi connectivity index (χ2n) is 4.94. The van der Waals surface area contributed by atoms with Gasteiger partial charge in [-0.2, -0.15) is 0 Å². The average molecular weight is 255 g/mol. The van der Waals surface area contributed by atoms with E-state index in [1.807, 2.05) is 0 Å². The summed E-state index contributed by atoms with van der Waals surface area (Å²) in [5, 5.41) is 14.4. The molecule has 1 atom stereocenters. The Morgan fingerprint density at radius 1 is 1.24 bits per heavy atom. The van der Waals surface area contributed by atoms with Crippen LogP contribution in [0.5, 0.6) is 0 Å². The number of rotatable bonds is 8. The number of aryl methyl sites for hydroxylation is 1. The van der Waals surface area contributed by atoms with Gasteiger partial charge in [0.05, 0.1) is 0 Å². The lowest BCUT2D eigenvalue weighted by atomic mass is 10.1. The van der Waals surface area contributed by atoms with Crippen LogP contribution < -0.4 is 5.32 Å². The van der Waals surface area contributed by atoms with Gasteiger partial charge in [0.15, 0.2) is 0 Å². The van der Waals surface area contributed by atoms with Crippen molar-refractivity contribution in [3.63, 3.8) is 0 Å². The zero-order valence-corrected chi connectivity index (χ0v) is 12.3. The minimum atomic E-state index is 0.569. The van der Waals surface area contributed by atoms with E-state index in [0.717, 1.165) is 19.4 Å². The first-order chi connectivity index (χ1) is 8.13. The van der Waals surface area contributed by atoms with Crippen molar-refractivity contribution in [3.05, 3.63) is 10.0 Å². The first-order valence-corrected chi connectivity index (χ1v) is 7.50. The van der Waals surface area contributed by atoms with Crippen LogP contribution in [0.15, 0.2) is 0 Å². The van der Waals surface area contributed by atoms with Crippen LogP contribution in [0.25, 0.3) is 0 Å². The molecular formula is C13H25N3S. The molecule has 1 heterocycles. The zero-order chi connectivity index (χ0) is 12.7. The number of hydrogen-bond donors (Lipinski definition) is 1. The Hall–Kier alpha value is -0.480. The summed E-state index contributed by atoms with van der Waals surface area (Å²) < 4.78 is 0. The van der Waals surface area contributed by atoms with Gasteiger partial charge in [0.1, 0.15) is 10.0 Å². The fraction of sp³-hybridized carbons (Fsp3) is 0.846. The summed E-state index contributed by atoms with van der Waals surface area (Å²) in [5.74, 6) is 0.569. The van der Waals surface area contributed by atoms with Crippen molar-refractivity contribution in [2.45, 2.75) is 65.3 Å². The number of nitrogens with one attached hydrogen (secondary N) is 1. The molecule has 0 aliphatic rings. The van der Waals surface area contributed by atoms with E-state index in [0.29, 0.717) is 12.0 Å². The summed E-state index contributed by atoms with van der Waals surface area (Å²) in [4.78, 5) is 0. The van der Waals surface area contributed by atoms with Gasteiger partial charge in [-0.05, 0) is 19.4 Å². The number of hydrogen-bond acceptors (Lipinski definition) is 4. The predicted octanol–water partition coefficient (Wildman–Crippen LogP) is 3.37. The second-order valence-corrected chi connectivity index (χ2v) is 6.03. The molecule has 0 saturated heterocycles. The minimum Gasteiger partial charge on any atom is -0.315 e. The van der Waals surface area contributed by atoms with Crippen molar-refractivity contribution in [1.29, 1.82) is 0 Å². The van der Waals surface area contributed by atoms with E-state index in [1.165, 1.54) is 22.9 Å². The van der Waals surface area contributed by atoms with Crippen molar-refractivity contribution in [2.75, 3.05) is 6.54 Å². The van der Waals surface area contributed by atoms with Crippen molar-refractivity contribution in [2.24, 2.45) is 0 Å². The van der Waals surface area contributed by atoms with Gasteiger partial charge in [-0.25, -0.2) is 0 Å². The molecular weight excluding hydrogens is 230 g/mol. The summed E-state index contributed by atoms with van der Waals surface area (Å²) in [6, 6.07) is 0.574. The topological polar surface area (TPSA) is 37.8 Å². The van der Waals surface area contributed by atoms with Crippen LogP contribution in [0.3, 0.4) is 0 Å². The Kier molecular flexibility index (Phi) is 6.66. The van der Waals surface area contributed by atoms with Crippen molar-refractivity contribution in [3.8, 4) is 0 Å². The molecule has 0 bridgehead atoms. The lowest BCUT2D eigenvalue weighted by molar-refractivity contribution is 0.569. The van der Waals surface area contributed by atoms with Gasteiger partial charge >= 0.3 is 0 Å². The highest BCUT2D eigenvalue weighted by Gasteiger charge is 2.10. The van der Waals surface area contributed by atoms with Crippen LogP contribution in [0, 0.1) is 0 Å². The Morgan fingerprint density at radius 2 is 2.00 bits per heavy atom. The molecule has 0 spiro atoms. The molecule has 0 aliphatic heterocycles. The fourth-order valence-corrected chi connectivity index (χ4v) is 2.72. The van der Waals surface area contributed by atoms with Gasteiger partial charge in [-0.3, -0.25) is 0 Å². The van der Waals surface area contributed by atoms with Gasteiger partial charge in [-0.1, -0.05) is 34.1 Å². The molecule has 1 aromatic rings. The monoisotopic (exact) mass is 255 g/mol. The van der Waals surface area contributed by atoms with Crippen molar-refractivity contribution in [1.82, 2.24) is 15.5 Å². The van der Waals surface area contributed by atoms with E-state index in [1.54, 1.807) is 11.3 Å². The molecule has 3 nitrogen and oxygen atoms in total. The zero-order valence-electron chi connectivity index (χ0n) is 11.5. The minimum absolute atomic E-state index is 0.569. The molecule has 0 aliphatic carbocycles. The summed E-state index contributed by atoms with van der Waals surface area (Å²) in [6.07, 6.45) is 4.63. The lowest BCUT2D eigenvalue weighted by Crippen LogP contribution is -2.23. The first kappa shape index (κ1) is 14.6. The van der Waals surface area contributed by atoms with Crippen LogP contribution in [0.2, 0.25) is 0 Å². The van der Waals surface area contributed by atoms with Crippen LogP contribution in [-0.4, -0.2) is 22.8 Å². The maximum Gasteiger partial charge on any atom is 0.120 e. The summed E-state index contributed by atoms with van der Waals surface area (Å²) in [5.41, 5.74) is 0. The summed E-state index contributed by atoms with van der Waals surface area (Å²) in [7, 11) is 0. The van der Waals surface area contributed by atoms with Crippen LogP contribution >= 0.6 is 11.3 Å². The SMILES string of the molecule is CCCC(C)c1nnc(CCCNC(C)C)s1. The molecule has 0 aromatic carbocycles. The normalized spacial score (nSPS) is 13.2. The lowest BCUT2D eigenvalue weighted by Gasteiger charge is -2.06. The molecule has 1 N–H and O–H groups in total. The molecule has 0 saturated carbocycles. The van der Waals surface area contributed by atoms with Gasteiger partial charge in [0.2, 0.25) is 0 Å². The van der Waals surface area contributed by atoms with Crippen LogP contribution in [0.1, 0.15) is 62.9 Å². The van der Waals surface area contributed by atoms with E-state index in [9.17, 15) is 0 Å². The maximum atomic E-state index is 4.30. The molecule has 98 valence electrons. The Labute approximate surface area is 109 Å². The largest absolute Gasteiger partial charge is 0.315 e. The third-order valence-electron chi connectivity index (χ3n) is 2.75. The Bertz CT molecular complexity index is 309. The maximum absolute atomic E-state index is 4.30. The molecule has 1 aromatic heterocycles. The average Bonchev–Trinajstić information content (AvgIpc) is 2.73. The highest BCUT2D eigenvalue weighted by molar-refractivity contribution is 7.11. The molecule has 4 heteroatoms. The van der Waals surface area contributed by atoms with Crippen molar-refractivity contribution < 1.29 is 0 Å². The third-order valence-corrected chi connectivity index (χ3v) is 3.96. The van der Waals surface area contributed by atoms with Crippen molar-refractivity contribution >= 4 is 11.3 Å². The predicted molar refractivity (Wildman–Crippen MR) is 74.7 cm³/mol. The Morgan fingerprint density at radius 3 is 2.65 bits per heavy atom.